The molecule has 118 valence electrons. The molecular formula is C13H11Br4N3O2. The Bertz CT molecular complexity index is 655. The van der Waals surface area contributed by atoms with E-state index in [1.165, 1.54) is 0 Å². The van der Waals surface area contributed by atoms with Crippen LogP contribution < -0.4 is 0 Å². The van der Waals surface area contributed by atoms with Crippen LogP contribution in [0.5, 0.6) is 0 Å². The molecule has 1 aromatic heterocycles. The number of carbonyl (C=O) groups is 1. The van der Waals surface area contributed by atoms with E-state index in [9.17, 15) is 4.79 Å². The predicted molar refractivity (Wildman–Crippen MR) is 97.8 cm³/mol. The highest BCUT2D eigenvalue weighted by Gasteiger charge is 2.27. The van der Waals surface area contributed by atoms with Gasteiger partial charge < -0.3 is 4.74 Å². The Morgan fingerprint density at radius 2 is 1.95 bits per heavy atom. The molecule has 2 rings (SSSR count). The van der Waals surface area contributed by atoms with E-state index in [0.717, 1.165) is 5.56 Å². The number of halogens is 4. The van der Waals surface area contributed by atoms with Crippen LogP contribution in [0, 0.1) is 0 Å². The monoisotopic (exact) mass is 557 g/mol. The van der Waals surface area contributed by atoms with Crippen LogP contribution in [0.1, 0.15) is 29.0 Å². The highest BCUT2D eigenvalue weighted by Crippen LogP contribution is 2.34. The largest absolute Gasteiger partial charge is 0.458 e. The Morgan fingerprint density at radius 3 is 2.55 bits per heavy atom. The van der Waals surface area contributed by atoms with Crippen LogP contribution in [0.3, 0.4) is 0 Å². The van der Waals surface area contributed by atoms with E-state index in [-0.39, 0.29) is 18.3 Å². The standard InChI is InChI=1S/C13H11Br4N3O2/c1-8(9-5-3-2-4-6-9)20-10(11(14)18-19-20)12(21)22-7-13(15,16)17/h2-6,8H,7H2,1H3/t8-/m1/s1. The molecule has 5 nitrogen and oxygen atoms in total. The predicted octanol–water partition coefficient (Wildman–Crippen LogP) is 4.65. The minimum Gasteiger partial charge on any atom is -0.458 e. The molecule has 0 saturated carbocycles. The molecule has 1 heterocycles. The van der Waals surface area contributed by atoms with Gasteiger partial charge in [-0.15, -0.1) is 5.10 Å². The molecule has 0 fully saturated rings. The Morgan fingerprint density at radius 1 is 1.32 bits per heavy atom. The minimum atomic E-state index is -0.654. The van der Waals surface area contributed by atoms with Crippen molar-refractivity contribution < 1.29 is 9.53 Å². The van der Waals surface area contributed by atoms with Gasteiger partial charge in [0.2, 0.25) is 0 Å². The molecular weight excluding hydrogens is 550 g/mol. The van der Waals surface area contributed by atoms with Gasteiger partial charge in [-0.05, 0) is 28.4 Å². The number of hydrogen-bond donors (Lipinski definition) is 0. The zero-order chi connectivity index (χ0) is 16.3. The normalized spacial score (nSPS) is 13.0. The SMILES string of the molecule is C[C@H](c1ccccc1)n1nnc(Br)c1C(=O)OCC(Br)(Br)Br. The molecule has 0 spiro atoms. The third-order valence-corrected chi connectivity index (χ3v) is 4.08. The van der Waals surface area contributed by atoms with Crippen molar-refractivity contribution in [2.45, 2.75) is 15.1 Å². The summed E-state index contributed by atoms with van der Waals surface area (Å²) >= 11 is 13.1. The first-order valence-corrected chi connectivity index (χ1v) is 9.36. The number of ether oxygens (including phenoxy) is 1. The van der Waals surface area contributed by atoms with Crippen LogP contribution in [0.4, 0.5) is 0 Å². The molecule has 1 atom stereocenters. The van der Waals surface area contributed by atoms with Crippen molar-refractivity contribution in [3.05, 3.63) is 46.2 Å². The number of aromatic nitrogens is 3. The fourth-order valence-electron chi connectivity index (χ4n) is 1.81. The van der Waals surface area contributed by atoms with Gasteiger partial charge in [-0.3, -0.25) is 0 Å². The molecule has 0 aliphatic heterocycles. The zero-order valence-corrected chi connectivity index (χ0v) is 17.7. The van der Waals surface area contributed by atoms with Gasteiger partial charge in [0.05, 0.1) is 6.04 Å². The average molecular weight is 561 g/mol. The maximum absolute atomic E-state index is 12.3. The minimum absolute atomic E-state index is 0.0865. The summed E-state index contributed by atoms with van der Waals surface area (Å²) in [5, 5.41) is 7.96. The van der Waals surface area contributed by atoms with Crippen molar-refractivity contribution in [1.82, 2.24) is 15.0 Å². The summed E-state index contributed by atoms with van der Waals surface area (Å²) in [5.41, 5.74) is 1.29. The molecule has 0 bridgehead atoms. The van der Waals surface area contributed by atoms with E-state index in [1.807, 2.05) is 37.3 Å². The molecule has 22 heavy (non-hydrogen) atoms. The number of hydrogen-bond acceptors (Lipinski definition) is 4. The Kier molecular flexibility index (Phi) is 6.21. The Hall–Kier alpha value is -0.250. The zero-order valence-electron chi connectivity index (χ0n) is 11.3. The fraction of sp³-hybridized carbons (Fsp3) is 0.308. The first kappa shape index (κ1) is 18.1. The molecule has 0 aliphatic carbocycles. The lowest BCUT2D eigenvalue weighted by Crippen LogP contribution is -2.21. The number of benzene rings is 1. The van der Waals surface area contributed by atoms with Gasteiger partial charge in [0, 0.05) is 0 Å². The van der Waals surface area contributed by atoms with Crippen LogP contribution in [-0.2, 0) is 4.74 Å². The van der Waals surface area contributed by atoms with Crippen LogP contribution in [-0.4, -0.2) is 29.7 Å². The summed E-state index contributed by atoms with van der Waals surface area (Å²) in [6.07, 6.45) is 0. The molecule has 0 amide bonds. The van der Waals surface area contributed by atoms with Crippen molar-refractivity contribution in [1.29, 1.82) is 0 Å². The summed E-state index contributed by atoms with van der Waals surface area (Å²) < 4.78 is 6.49. The lowest BCUT2D eigenvalue weighted by Gasteiger charge is -2.16. The van der Waals surface area contributed by atoms with Crippen molar-refractivity contribution in [3.8, 4) is 0 Å². The molecule has 0 aliphatic rings. The smallest absolute Gasteiger partial charge is 0.359 e. The number of rotatable bonds is 4. The van der Waals surface area contributed by atoms with Gasteiger partial charge in [-0.25, -0.2) is 9.48 Å². The topological polar surface area (TPSA) is 57.0 Å². The number of alkyl halides is 3. The lowest BCUT2D eigenvalue weighted by atomic mass is 10.1. The van der Waals surface area contributed by atoms with Crippen LogP contribution in [0.2, 0.25) is 0 Å². The fourth-order valence-corrected chi connectivity index (χ4v) is 2.57. The number of esters is 1. The molecule has 0 radical (unpaired) electrons. The first-order valence-electron chi connectivity index (χ1n) is 6.19. The molecule has 9 heteroatoms. The van der Waals surface area contributed by atoms with Gasteiger partial charge in [-0.2, -0.15) is 0 Å². The summed E-state index contributed by atoms with van der Waals surface area (Å²) in [5.74, 6) is -0.512. The third kappa shape index (κ3) is 4.62. The van der Waals surface area contributed by atoms with E-state index in [1.54, 1.807) is 4.68 Å². The quantitative estimate of drug-likeness (QED) is 0.404. The molecule has 0 unspecified atom stereocenters. The van der Waals surface area contributed by atoms with Gasteiger partial charge in [-0.1, -0.05) is 83.3 Å². The van der Waals surface area contributed by atoms with E-state index < -0.39 is 8.11 Å². The van der Waals surface area contributed by atoms with Crippen LogP contribution in [0.25, 0.3) is 0 Å². The van der Waals surface area contributed by atoms with E-state index in [4.69, 9.17) is 4.74 Å². The summed E-state index contributed by atoms with van der Waals surface area (Å²) in [6.45, 7) is 2.03. The molecule has 1 aromatic carbocycles. The van der Waals surface area contributed by atoms with Gasteiger partial charge in [0.25, 0.3) is 0 Å². The number of nitrogens with zero attached hydrogens (tertiary/aromatic N) is 3. The van der Waals surface area contributed by atoms with Crippen molar-refractivity contribution in [2.24, 2.45) is 0 Å². The second-order valence-corrected chi connectivity index (χ2v) is 12.5. The summed E-state index contributed by atoms with van der Waals surface area (Å²) in [4.78, 5) is 12.3. The Labute approximate surface area is 161 Å². The summed E-state index contributed by atoms with van der Waals surface area (Å²) in [6, 6.07) is 9.59. The van der Waals surface area contributed by atoms with E-state index in [2.05, 4.69) is 74.0 Å². The van der Waals surface area contributed by atoms with Gasteiger partial charge in [0.15, 0.2) is 12.4 Å². The second kappa shape index (κ2) is 7.55. The maximum Gasteiger partial charge on any atom is 0.359 e. The number of carbonyl (C=O) groups excluding carboxylic acids is 1. The van der Waals surface area contributed by atoms with E-state index in [0.29, 0.717) is 4.60 Å². The van der Waals surface area contributed by atoms with Crippen molar-refractivity contribution in [2.75, 3.05) is 6.61 Å². The van der Waals surface area contributed by atoms with Crippen molar-refractivity contribution >= 4 is 69.7 Å². The van der Waals surface area contributed by atoms with Crippen molar-refractivity contribution in [3.63, 3.8) is 0 Å². The van der Waals surface area contributed by atoms with Crippen LogP contribution in [0.15, 0.2) is 34.9 Å². The second-order valence-electron chi connectivity index (χ2n) is 4.45. The maximum atomic E-state index is 12.3. The first-order chi connectivity index (χ1) is 10.3. The molecule has 0 saturated heterocycles. The van der Waals surface area contributed by atoms with Gasteiger partial charge in [0.1, 0.15) is 6.61 Å². The van der Waals surface area contributed by atoms with Gasteiger partial charge >= 0.3 is 5.97 Å². The Balaban J connectivity index is 2.26. The highest BCUT2D eigenvalue weighted by molar-refractivity contribution is 9.39. The lowest BCUT2D eigenvalue weighted by molar-refractivity contribution is 0.0504. The summed E-state index contributed by atoms with van der Waals surface area (Å²) in [7, 11) is 0. The molecule has 0 N–H and O–H groups in total. The molecule has 2 aromatic rings. The van der Waals surface area contributed by atoms with Crippen LogP contribution >= 0.6 is 63.7 Å². The van der Waals surface area contributed by atoms with E-state index >= 15 is 0 Å². The average Bonchev–Trinajstić information content (AvgIpc) is 2.86. The third-order valence-electron chi connectivity index (χ3n) is 2.86. The highest BCUT2D eigenvalue weighted by atomic mass is 80.0.